The molecular weight excluding hydrogens is 215 g/mol. The van der Waals surface area contributed by atoms with Crippen LogP contribution in [0.15, 0.2) is 21.8 Å². The number of halogens is 1. The monoisotopic (exact) mass is 222 g/mol. The Kier molecular flexibility index (Phi) is 2.30. The van der Waals surface area contributed by atoms with Crippen LogP contribution in [0.1, 0.15) is 11.9 Å². The highest BCUT2D eigenvalue weighted by atomic mass is 32.3. The van der Waals surface area contributed by atoms with E-state index in [1.165, 1.54) is 6.07 Å². The minimum atomic E-state index is -4.85. The lowest BCUT2D eigenvalue weighted by Gasteiger charge is -2.06. The van der Waals surface area contributed by atoms with Crippen molar-refractivity contribution in [3.8, 4) is 0 Å². The summed E-state index contributed by atoms with van der Waals surface area (Å²) in [5.74, 6) is 0. The summed E-state index contributed by atoms with van der Waals surface area (Å²) in [4.78, 5) is 0. The predicted octanol–water partition coefficient (Wildman–Crippen LogP) is 0.983. The summed E-state index contributed by atoms with van der Waals surface area (Å²) in [6, 6.07) is 1.31. The van der Waals surface area contributed by atoms with Gasteiger partial charge in [0.05, 0.1) is 25.0 Å². The van der Waals surface area contributed by atoms with Gasteiger partial charge in [0, 0.05) is 0 Å². The van der Waals surface area contributed by atoms with Crippen LogP contribution in [0, 0.1) is 0 Å². The van der Waals surface area contributed by atoms with E-state index >= 15 is 0 Å². The molecule has 0 radical (unpaired) electrons. The predicted molar refractivity (Wildman–Crippen MR) is 41.6 cm³/mol. The van der Waals surface area contributed by atoms with Crippen LogP contribution in [-0.2, 0) is 19.7 Å². The zero-order valence-electron chi connectivity index (χ0n) is 6.97. The summed E-state index contributed by atoms with van der Waals surface area (Å²) >= 11 is 0. The van der Waals surface area contributed by atoms with Gasteiger partial charge in [0.1, 0.15) is 0 Å². The number of rotatable bonds is 2. The van der Waals surface area contributed by atoms with E-state index in [-0.39, 0.29) is 5.56 Å². The largest absolute Gasteiger partial charge is 0.450 e. The molecule has 1 aliphatic rings. The fourth-order valence-corrected chi connectivity index (χ4v) is 1.83. The van der Waals surface area contributed by atoms with Gasteiger partial charge >= 0.3 is 10.2 Å². The van der Waals surface area contributed by atoms with Gasteiger partial charge in [-0.3, -0.25) is 0 Å². The average molecular weight is 222 g/mol. The molecule has 1 saturated heterocycles. The average Bonchev–Trinajstić information content (AvgIpc) is 2.73. The molecule has 7 heteroatoms. The van der Waals surface area contributed by atoms with E-state index in [0.29, 0.717) is 13.2 Å². The Morgan fingerprint density at radius 3 is 2.57 bits per heavy atom. The smallest absolute Gasteiger partial charge is 0.366 e. The molecule has 1 aliphatic heterocycles. The van der Waals surface area contributed by atoms with E-state index in [2.05, 4.69) is 4.42 Å². The highest BCUT2D eigenvalue weighted by Crippen LogP contribution is 2.30. The van der Waals surface area contributed by atoms with Crippen molar-refractivity contribution >= 4 is 10.2 Å². The molecule has 0 saturated carbocycles. The zero-order valence-corrected chi connectivity index (χ0v) is 7.79. The molecule has 14 heavy (non-hydrogen) atoms. The molecule has 0 bridgehead atoms. The van der Waals surface area contributed by atoms with Crippen molar-refractivity contribution in [1.29, 1.82) is 0 Å². The van der Waals surface area contributed by atoms with Gasteiger partial charge < -0.3 is 13.9 Å². The van der Waals surface area contributed by atoms with Crippen LogP contribution >= 0.6 is 0 Å². The highest BCUT2D eigenvalue weighted by molar-refractivity contribution is 7.86. The van der Waals surface area contributed by atoms with Crippen molar-refractivity contribution in [3.63, 3.8) is 0 Å². The lowest BCUT2D eigenvalue weighted by Crippen LogP contribution is -2.02. The molecule has 5 nitrogen and oxygen atoms in total. The van der Waals surface area contributed by atoms with Crippen molar-refractivity contribution in [1.82, 2.24) is 0 Å². The topological polar surface area (TPSA) is 65.7 Å². The Balaban J connectivity index is 2.39. The maximum Gasteiger partial charge on any atom is 0.366 e. The molecule has 1 fully saturated rings. The number of hydrogen-bond donors (Lipinski definition) is 0. The van der Waals surface area contributed by atoms with E-state index in [4.69, 9.17) is 9.47 Å². The molecule has 0 spiro atoms. The fraction of sp³-hybridized carbons (Fsp3) is 0.429. The van der Waals surface area contributed by atoms with Gasteiger partial charge in [0.2, 0.25) is 0 Å². The molecule has 0 N–H and O–H groups in total. The molecule has 0 amide bonds. The number of hydrogen-bond acceptors (Lipinski definition) is 5. The number of furan rings is 1. The first kappa shape index (κ1) is 9.63. The first-order chi connectivity index (χ1) is 6.59. The van der Waals surface area contributed by atoms with Crippen LogP contribution in [0.4, 0.5) is 3.89 Å². The summed E-state index contributed by atoms with van der Waals surface area (Å²) < 4.78 is 48.4. The molecule has 0 aliphatic carbocycles. The second kappa shape index (κ2) is 3.34. The summed E-state index contributed by atoms with van der Waals surface area (Å²) in [6.07, 6.45) is 0.224. The van der Waals surface area contributed by atoms with E-state index < -0.39 is 21.6 Å². The maximum atomic E-state index is 12.6. The maximum absolute atomic E-state index is 12.6. The van der Waals surface area contributed by atoms with Crippen LogP contribution in [-0.4, -0.2) is 21.6 Å². The fourth-order valence-electron chi connectivity index (χ4n) is 1.22. The zero-order chi connectivity index (χ0) is 10.2. The molecule has 78 valence electrons. The van der Waals surface area contributed by atoms with Gasteiger partial charge in [-0.05, 0) is 6.07 Å². The minimum absolute atomic E-state index is 0.0602. The molecule has 0 atom stereocenters. The Hall–Kier alpha value is -0.920. The van der Waals surface area contributed by atoms with Gasteiger partial charge in [0.15, 0.2) is 6.29 Å². The lowest BCUT2D eigenvalue weighted by atomic mass is 10.3. The molecule has 2 rings (SSSR count). The van der Waals surface area contributed by atoms with E-state index in [1.807, 2.05) is 0 Å². The summed E-state index contributed by atoms with van der Waals surface area (Å²) in [7, 11) is -4.85. The van der Waals surface area contributed by atoms with Crippen LogP contribution in [0.25, 0.3) is 0 Å². The quantitative estimate of drug-likeness (QED) is 0.698. The third kappa shape index (κ3) is 1.66. The van der Waals surface area contributed by atoms with Crippen molar-refractivity contribution in [2.75, 3.05) is 13.2 Å². The van der Waals surface area contributed by atoms with Gasteiger partial charge in [-0.25, -0.2) is 0 Å². The molecule has 0 aromatic carbocycles. The molecular formula is C7H7FO5S. The molecule has 1 aromatic heterocycles. The minimum Gasteiger partial charge on any atom is -0.450 e. The van der Waals surface area contributed by atoms with Gasteiger partial charge in [0.25, 0.3) is 5.09 Å². The third-order valence-corrected chi connectivity index (χ3v) is 2.53. The third-order valence-electron chi connectivity index (χ3n) is 1.76. The summed E-state index contributed by atoms with van der Waals surface area (Å²) in [5.41, 5.74) is 0.0602. The Labute approximate surface area is 79.6 Å². The van der Waals surface area contributed by atoms with Gasteiger partial charge in [-0.2, -0.15) is 8.42 Å². The van der Waals surface area contributed by atoms with E-state index in [1.54, 1.807) is 0 Å². The Morgan fingerprint density at radius 2 is 2.00 bits per heavy atom. The summed E-state index contributed by atoms with van der Waals surface area (Å²) in [5, 5.41) is -0.746. The second-order valence-corrected chi connectivity index (χ2v) is 3.92. The normalized spacial score (nSPS) is 18.9. The molecule has 1 aromatic rings. The van der Waals surface area contributed by atoms with Gasteiger partial charge in [-0.1, -0.05) is 3.89 Å². The van der Waals surface area contributed by atoms with Crippen LogP contribution in [0.3, 0.4) is 0 Å². The summed E-state index contributed by atoms with van der Waals surface area (Å²) in [6.45, 7) is 0.698. The SMILES string of the molecule is O=S(=O)(F)c1occc1C1OCCO1. The second-order valence-electron chi connectivity index (χ2n) is 2.67. The Bertz CT molecular complexity index is 417. The van der Waals surface area contributed by atoms with E-state index in [9.17, 15) is 12.3 Å². The van der Waals surface area contributed by atoms with Crippen molar-refractivity contribution in [3.05, 3.63) is 17.9 Å². The van der Waals surface area contributed by atoms with Crippen LogP contribution < -0.4 is 0 Å². The van der Waals surface area contributed by atoms with Crippen molar-refractivity contribution in [2.45, 2.75) is 11.4 Å². The first-order valence-corrected chi connectivity index (χ1v) is 5.22. The highest BCUT2D eigenvalue weighted by Gasteiger charge is 2.30. The first-order valence-electron chi connectivity index (χ1n) is 3.84. The van der Waals surface area contributed by atoms with Crippen molar-refractivity contribution < 1.29 is 26.2 Å². The lowest BCUT2D eigenvalue weighted by molar-refractivity contribution is -0.0473. The molecule has 2 heterocycles. The molecule has 0 unspecified atom stereocenters. The van der Waals surface area contributed by atoms with Gasteiger partial charge in [-0.15, -0.1) is 0 Å². The van der Waals surface area contributed by atoms with Crippen LogP contribution in [0.5, 0.6) is 0 Å². The standard InChI is InChI=1S/C7H7FO5S/c8-14(9,10)7-5(1-2-13-7)6-11-3-4-12-6/h1-2,6H,3-4H2. The van der Waals surface area contributed by atoms with E-state index in [0.717, 1.165) is 6.26 Å². The number of ether oxygens (including phenoxy) is 2. The van der Waals surface area contributed by atoms with Crippen LogP contribution in [0.2, 0.25) is 0 Å². The van der Waals surface area contributed by atoms with Crippen molar-refractivity contribution in [2.24, 2.45) is 0 Å². The Morgan fingerprint density at radius 1 is 1.36 bits per heavy atom.